The maximum Gasteiger partial charge on any atom is 0.134 e. The lowest BCUT2D eigenvalue weighted by atomic mass is 10.1. The Morgan fingerprint density at radius 1 is 1.43 bits per heavy atom. The van der Waals surface area contributed by atoms with Crippen molar-refractivity contribution in [2.75, 3.05) is 0 Å². The SMILES string of the molecule is CC(=O)Cc1c[nH]c2ccc(C)cc12. The molecule has 0 spiro atoms. The number of benzene rings is 1. The molecule has 2 nitrogen and oxygen atoms in total. The average molecular weight is 187 g/mol. The van der Waals surface area contributed by atoms with E-state index < -0.39 is 0 Å². The van der Waals surface area contributed by atoms with Gasteiger partial charge in [-0.1, -0.05) is 11.6 Å². The molecule has 2 heteroatoms. The fourth-order valence-corrected chi connectivity index (χ4v) is 1.71. The number of rotatable bonds is 2. The Morgan fingerprint density at radius 2 is 2.21 bits per heavy atom. The molecule has 72 valence electrons. The van der Waals surface area contributed by atoms with Gasteiger partial charge in [0.2, 0.25) is 0 Å². The van der Waals surface area contributed by atoms with Gasteiger partial charge in [-0.15, -0.1) is 0 Å². The summed E-state index contributed by atoms with van der Waals surface area (Å²) in [5.74, 6) is 0.201. The summed E-state index contributed by atoms with van der Waals surface area (Å²) in [4.78, 5) is 14.2. The lowest BCUT2D eigenvalue weighted by molar-refractivity contribution is -0.116. The molecule has 1 aromatic heterocycles. The number of hydrogen-bond donors (Lipinski definition) is 1. The largest absolute Gasteiger partial charge is 0.361 e. The molecule has 0 atom stereocenters. The van der Waals surface area contributed by atoms with Crippen molar-refractivity contribution in [3.8, 4) is 0 Å². The van der Waals surface area contributed by atoms with Crippen LogP contribution < -0.4 is 0 Å². The van der Waals surface area contributed by atoms with Crippen molar-refractivity contribution in [3.63, 3.8) is 0 Å². The Labute approximate surface area is 82.9 Å². The molecule has 0 aliphatic carbocycles. The molecule has 1 aromatic carbocycles. The van der Waals surface area contributed by atoms with Gasteiger partial charge in [0, 0.05) is 23.5 Å². The zero-order chi connectivity index (χ0) is 10.1. The van der Waals surface area contributed by atoms with Crippen LogP contribution in [-0.4, -0.2) is 10.8 Å². The summed E-state index contributed by atoms with van der Waals surface area (Å²) in [5.41, 5.74) is 3.42. The molecule has 2 rings (SSSR count). The number of aromatic amines is 1. The molecule has 1 heterocycles. The molecule has 0 bridgehead atoms. The number of aromatic nitrogens is 1. The Bertz CT molecular complexity index is 482. The summed E-state index contributed by atoms with van der Waals surface area (Å²) >= 11 is 0. The van der Waals surface area contributed by atoms with Crippen LogP contribution in [0.5, 0.6) is 0 Å². The summed E-state index contributed by atoms with van der Waals surface area (Å²) in [6, 6.07) is 6.23. The van der Waals surface area contributed by atoms with Crippen molar-refractivity contribution >= 4 is 16.7 Å². The first-order valence-electron chi connectivity index (χ1n) is 4.73. The monoisotopic (exact) mass is 187 g/mol. The summed E-state index contributed by atoms with van der Waals surface area (Å²) in [5, 5.41) is 1.17. The van der Waals surface area contributed by atoms with E-state index in [1.54, 1.807) is 6.92 Å². The fraction of sp³-hybridized carbons (Fsp3) is 0.250. The van der Waals surface area contributed by atoms with E-state index in [1.165, 1.54) is 10.9 Å². The topological polar surface area (TPSA) is 32.9 Å². The molecule has 0 fully saturated rings. The predicted octanol–water partition coefficient (Wildman–Crippen LogP) is 2.61. The van der Waals surface area contributed by atoms with Crippen LogP contribution in [0.25, 0.3) is 10.9 Å². The molecule has 0 radical (unpaired) electrons. The van der Waals surface area contributed by atoms with Crippen LogP contribution in [0.15, 0.2) is 24.4 Å². The van der Waals surface area contributed by atoms with E-state index in [4.69, 9.17) is 0 Å². The van der Waals surface area contributed by atoms with Crippen LogP contribution in [0.2, 0.25) is 0 Å². The molecule has 0 amide bonds. The third-order valence-electron chi connectivity index (χ3n) is 2.36. The molecule has 14 heavy (non-hydrogen) atoms. The summed E-state index contributed by atoms with van der Waals surface area (Å²) in [6.45, 7) is 3.68. The lowest BCUT2D eigenvalue weighted by Crippen LogP contribution is -1.94. The van der Waals surface area contributed by atoms with E-state index in [0.717, 1.165) is 11.1 Å². The molecule has 0 unspecified atom stereocenters. The highest BCUT2D eigenvalue weighted by Crippen LogP contribution is 2.20. The van der Waals surface area contributed by atoms with Crippen molar-refractivity contribution < 1.29 is 4.79 Å². The van der Waals surface area contributed by atoms with Gasteiger partial charge in [-0.05, 0) is 31.5 Å². The molecule has 0 saturated carbocycles. The van der Waals surface area contributed by atoms with Gasteiger partial charge in [0.25, 0.3) is 0 Å². The van der Waals surface area contributed by atoms with Crippen LogP contribution in [-0.2, 0) is 11.2 Å². The quantitative estimate of drug-likeness (QED) is 0.770. The Balaban J connectivity index is 2.55. The molecule has 1 N–H and O–H groups in total. The highest BCUT2D eigenvalue weighted by Gasteiger charge is 2.05. The molecule has 2 aromatic rings. The van der Waals surface area contributed by atoms with E-state index in [9.17, 15) is 4.79 Å². The van der Waals surface area contributed by atoms with E-state index in [0.29, 0.717) is 6.42 Å². The van der Waals surface area contributed by atoms with Gasteiger partial charge in [0.15, 0.2) is 0 Å². The zero-order valence-electron chi connectivity index (χ0n) is 8.42. The number of ketones is 1. The maximum atomic E-state index is 11.0. The van der Waals surface area contributed by atoms with Crippen LogP contribution >= 0.6 is 0 Å². The molecular formula is C12H13NO. The highest BCUT2D eigenvalue weighted by atomic mass is 16.1. The second-order valence-corrected chi connectivity index (χ2v) is 3.74. The Kier molecular flexibility index (Phi) is 2.12. The van der Waals surface area contributed by atoms with Gasteiger partial charge in [0.05, 0.1) is 0 Å². The number of aryl methyl sites for hydroxylation is 1. The Morgan fingerprint density at radius 3 is 2.93 bits per heavy atom. The highest BCUT2D eigenvalue weighted by molar-refractivity contribution is 5.89. The minimum Gasteiger partial charge on any atom is -0.361 e. The summed E-state index contributed by atoms with van der Waals surface area (Å²) in [7, 11) is 0. The van der Waals surface area contributed by atoms with Crippen LogP contribution in [0, 0.1) is 6.92 Å². The standard InChI is InChI=1S/C12H13NO/c1-8-3-4-12-11(5-8)10(7-13-12)6-9(2)14/h3-5,7,13H,6H2,1-2H3. The minimum atomic E-state index is 0.201. The van der Waals surface area contributed by atoms with Crippen molar-refractivity contribution in [1.29, 1.82) is 0 Å². The third kappa shape index (κ3) is 1.55. The van der Waals surface area contributed by atoms with Gasteiger partial charge < -0.3 is 4.98 Å². The Hall–Kier alpha value is -1.57. The summed E-state index contributed by atoms with van der Waals surface area (Å²) < 4.78 is 0. The second-order valence-electron chi connectivity index (χ2n) is 3.74. The van der Waals surface area contributed by atoms with E-state index in [1.807, 2.05) is 12.3 Å². The van der Waals surface area contributed by atoms with Gasteiger partial charge in [-0.25, -0.2) is 0 Å². The van der Waals surface area contributed by atoms with Gasteiger partial charge >= 0.3 is 0 Å². The average Bonchev–Trinajstić information content (AvgIpc) is 2.47. The zero-order valence-corrected chi connectivity index (χ0v) is 8.42. The normalized spacial score (nSPS) is 10.7. The number of Topliss-reactive ketones (excluding diaryl/α,β-unsaturated/α-hetero) is 1. The predicted molar refractivity (Wildman–Crippen MR) is 57.4 cm³/mol. The summed E-state index contributed by atoms with van der Waals surface area (Å²) in [6.07, 6.45) is 2.44. The van der Waals surface area contributed by atoms with Crippen molar-refractivity contribution in [2.24, 2.45) is 0 Å². The lowest BCUT2D eigenvalue weighted by Gasteiger charge is -1.96. The fourth-order valence-electron chi connectivity index (χ4n) is 1.71. The van der Waals surface area contributed by atoms with Crippen molar-refractivity contribution in [2.45, 2.75) is 20.3 Å². The van der Waals surface area contributed by atoms with Gasteiger partial charge in [-0.3, -0.25) is 4.79 Å². The maximum absolute atomic E-state index is 11.0. The minimum absolute atomic E-state index is 0.201. The van der Waals surface area contributed by atoms with Crippen molar-refractivity contribution in [3.05, 3.63) is 35.5 Å². The smallest absolute Gasteiger partial charge is 0.134 e. The molecular weight excluding hydrogens is 174 g/mol. The molecule has 0 aliphatic rings. The van der Waals surface area contributed by atoms with E-state index >= 15 is 0 Å². The first-order chi connectivity index (χ1) is 6.66. The third-order valence-corrected chi connectivity index (χ3v) is 2.36. The van der Waals surface area contributed by atoms with Crippen LogP contribution in [0.1, 0.15) is 18.1 Å². The van der Waals surface area contributed by atoms with E-state index in [2.05, 4.69) is 24.0 Å². The number of carbonyl (C=O) groups excluding carboxylic acids is 1. The number of nitrogens with one attached hydrogen (secondary N) is 1. The van der Waals surface area contributed by atoms with Gasteiger partial charge in [0.1, 0.15) is 5.78 Å². The van der Waals surface area contributed by atoms with Crippen molar-refractivity contribution in [1.82, 2.24) is 4.98 Å². The molecule has 0 saturated heterocycles. The second kappa shape index (κ2) is 3.29. The van der Waals surface area contributed by atoms with Gasteiger partial charge in [-0.2, -0.15) is 0 Å². The van der Waals surface area contributed by atoms with Crippen LogP contribution in [0.4, 0.5) is 0 Å². The van der Waals surface area contributed by atoms with E-state index in [-0.39, 0.29) is 5.78 Å². The van der Waals surface area contributed by atoms with Crippen LogP contribution in [0.3, 0.4) is 0 Å². The first kappa shape index (κ1) is 9.00. The number of hydrogen-bond acceptors (Lipinski definition) is 1. The molecule has 0 aliphatic heterocycles. The number of carbonyl (C=O) groups is 1. The number of fused-ring (bicyclic) bond motifs is 1. The first-order valence-corrected chi connectivity index (χ1v) is 4.73. The number of H-pyrrole nitrogens is 1.